The Bertz CT molecular complexity index is 526. The van der Waals surface area contributed by atoms with Gasteiger partial charge in [0.1, 0.15) is 18.5 Å². The molecule has 0 spiro atoms. The summed E-state index contributed by atoms with van der Waals surface area (Å²) in [7, 11) is 0. The van der Waals surface area contributed by atoms with Gasteiger partial charge in [0.25, 0.3) is 0 Å². The van der Waals surface area contributed by atoms with Crippen LogP contribution in [0, 0.1) is 5.82 Å². The zero-order chi connectivity index (χ0) is 12.3. The van der Waals surface area contributed by atoms with Gasteiger partial charge in [-0.25, -0.2) is 4.39 Å². The molecule has 88 valence electrons. The standard InChI is InChI=1S/C11H10FN3O2/c12-9-3-1-8(2-4-11(16)17)5-10(9)15-6-13-14-7-15/h1,3,5-7H,2,4H2,(H,16,17). The minimum atomic E-state index is -0.875. The molecule has 0 atom stereocenters. The number of carbonyl (C=O) groups is 1. The molecule has 1 heterocycles. The average molecular weight is 235 g/mol. The number of aliphatic carboxylic acids is 1. The Morgan fingerprint density at radius 2 is 2.06 bits per heavy atom. The van der Waals surface area contributed by atoms with Crippen LogP contribution in [0.3, 0.4) is 0 Å². The van der Waals surface area contributed by atoms with Gasteiger partial charge in [0, 0.05) is 6.42 Å². The molecule has 0 bridgehead atoms. The fourth-order valence-electron chi connectivity index (χ4n) is 1.49. The van der Waals surface area contributed by atoms with Gasteiger partial charge in [-0.1, -0.05) is 6.07 Å². The molecule has 0 aliphatic rings. The largest absolute Gasteiger partial charge is 0.481 e. The van der Waals surface area contributed by atoms with E-state index in [0.29, 0.717) is 12.1 Å². The van der Waals surface area contributed by atoms with Gasteiger partial charge in [0.2, 0.25) is 0 Å². The molecule has 0 amide bonds. The second kappa shape index (κ2) is 4.73. The number of carboxylic acid groups (broad SMARTS) is 1. The lowest BCUT2D eigenvalue weighted by molar-refractivity contribution is -0.136. The first kappa shape index (κ1) is 11.3. The fraction of sp³-hybridized carbons (Fsp3) is 0.182. The van der Waals surface area contributed by atoms with Crippen molar-refractivity contribution in [1.29, 1.82) is 0 Å². The van der Waals surface area contributed by atoms with Crippen LogP contribution >= 0.6 is 0 Å². The molecule has 0 saturated carbocycles. The number of carboxylic acids is 1. The highest BCUT2D eigenvalue weighted by Crippen LogP contribution is 2.15. The van der Waals surface area contributed by atoms with Crippen LogP contribution in [0.15, 0.2) is 30.9 Å². The highest BCUT2D eigenvalue weighted by molar-refractivity contribution is 5.67. The molecule has 0 saturated heterocycles. The highest BCUT2D eigenvalue weighted by Gasteiger charge is 2.07. The maximum Gasteiger partial charge on any atom is 0.303 e. The maximum atomic E-state index is 13.5. The zero-order valence-electron chi connectivity index (χ0n) is 8.88. The van der Waals surface area contributed by atoms with E-state index in [1.54, 1.807) is 12.1 Å². The molecular weight excluding hydrogens is 225 g/mol. The summed E-state index contributed by atoms with van der Waals surface area (Å²) in [6.07, 6.45) is 3.16. The van der Waals surface area contributed by atoms with Crippen molar-refractivity contribution >= 4 is 5.97 Å². The Balaban J connectivity index is 2.27. The number of halogens is 1. The van der Waals surface area contributed by atoms with Crippen molar-refractivity contribution in [3.8, 4) is 5.69 Å². The third-order valence-corrected chi connectivity index (χ3v) is 2.34. The van der Waals surface area contributed by atoms with Crippen LogP contribution in [0.4, 0.5) is 4.39 Å². The lowest BCUT2D eigenvalue weighted by Gasteiger charge is -2.06. The molecule has 17 heavy (non-hydrogen) atoms. The number of hydrogen-bond acceptors (Lipinski definition) is 3. The summed E-state index contributed by atoms with van der Waals surface area (Å²) in [5, 5.41) is 15.8. The van der Waals surface area contributed by atoms with Gasteiger partial charge in [-0.3, -0.25) is 9.36 Å². The molecular formula is C11H10FN3O2. The smallest absolute Gasteiger partial charge is 0.303 e. The van der Waals surface area contributed by atoms with Crippen LogP contribution in [0.1, 0.15) is 12.0 Å². The third kappa shape index (κ3) is 2.66. The minimum absolute atomic E-state index is 0.0211. The van der Waals surface area contributed by atoms with E-state index in [2.05, 4.69) is 10.2 Å². The van der Waals surface area contributed by atoms with E-state index in [1.807, 2.05) is 0 Å². The maximum absolute atomic E-state index is 13.5. The van der Waals surface area contributed by atoms with Crippen molar-refractivity contribution in [2.45, 2.75) is 12.8 Å². The van der Waals surface area contributed by atoms with Gasteiger partial charge in [0.15, 0.2) is 0 Å². The van der Waals surface area contributed by atoms with Gasteiger partial charge < -0.3 is 5.11 Å². The quantitative estimate of drug-likeness (QED) is 0.870. The molecule has 1 aromatic carbocycles. The van der Waals surface area contributed by atoms with Gasteiger partial charge >= 0.3 is 5.97 Å². The number of hydrogen-bond donors (Lipinski definition) is 1. The Hall–Kier alpha value is -2.24. The molecule has 2 aromatic rings. The lowest BCUT2D eigenvalue weighted by Crippen LogP contribution is -2.00. The van der Waals surface area contributed by atoms with Crippen LogP contribution in [0.5, 0.6) is 0 Å². The summed E-state index contributed by atoms with van der Waals surface area (Å²) in [6.45, 7) is 0. The van der Waals surface area contributed by atoms with Gasteiger partial charge in [-0.15, -0.1) is 10.2 Å². The Morgan fingerprint density at radius 3 is 2.71 bits per heavy atom. The summed E-state index contributed by atoms with van der Waals surface area (Å²) in [5.74, 6) is -1.27. The summed E-state index contributed by atoms with van der Waals surface area (Å²) >= 11 is 0. The molecule has 2 rings (SSSR count). The first-order valence-corrected chi connectivity index (χ1v) is 5.02. The van der Waals surface area contributed by atoms with E-state index < -0.39 is 11.8 Å². The van der Waals surface area contributed by atoms with Crippen LogP contribution in [0.25, 0.3) is 5.69 Å². The molecule has 1 N–H and O–H groups in total. The van der Waals surface area contributed by atoms with Crippen LogP contribution in [-0.4, -0.2) is 25.8 Å². The van der Waals surface area contributed by atoms with Gasteiger partial charge in [-0.05, 0) is 24.1 Å². The number of aromatic nitrogens is 3. The molecule has 0 fully saturated rings. The van der Waals surface area contributed by atoms with E-state index in [1.165, 1.54) is 23.3 Å². The van der Waals surface area contributed by atoms with E-state index in [0.717, 1.165) is 5.56 Å². The van der Waals surface area contributed by atoms with Crippen LogP contribution < -0.4 is 0 Å². The summed E-state index contributed by atoms with van der Waals surface area (Å²) < 4.78 is 15.0. The van der Waals surface area contributed by atoms with E-state index >= 15 is 0 Å². The molecule has 5 nitrogen and oxygen atoms in total. The summed E-state index contributed by atoms with van der Waals surface area (Å²) in [4.78, 5) is 10.5. The number of rotatable bonds is 4. The van der Waals surface area contributed by atoms with Crippen molar-refractivity contribution in [2.75, 3.05) is 0 Å². The van der Waals surface area contributed by atoms with Gasteiger partial charge in [0.05, 0.1) is 5.69 Å². The Labute approximate surface area is 96.5 Å². The average Bonchev–Trinajstić information content (AvgIpc) is 2.81. The lowest BCUT2D eigenvalue weighted by atomic mass is 10.1. The predicted octanol–water partition coefficient (Wildman–Crippen LogP) is 1.42. The van der Waals surface area contributed by atoms with E-state index in [4.69, 9.17) is 5.11 Å². The molecule has 1 aromatic heterocycles. The van der Waals surface area contributed by atoms with Gasteiger partial charge in [-0.2, -0.15) is 0 Å². The normalized spacial score (nSPS) is 10.4. The zero-order valence-corrected chi connectivity index (χ0v) is 8.88. The Kier molecular flexibility index (Phi) is 3.13. The fourth-order valence-corrected chi connectivity index (χ4v) is 1.49. The molecule has 6 heteroatoms. The van der Waals surface area contributed by atoms with Crippen LogP contribution in [-0.2, 0) is 11.2 Å². The Morgan fingerprint density at radius 1 is 1.35 bits per heavy atom. The first-order chi connectivity index (χ1) is 8.16. The van der Waals surface area contributed by atoms with Crippen molar-refractivity contribution in [3.63, 3.8) is 0 Å². The molecule has 0 unspecified atom stereocenters. The number of aryl methyl sites for hydroxylation is 1. The third-order valence-electron chi connectivity index (χ3n) is 2.34. The summed E-state index contributed by atoms with van der Waals surface area (Å²) in [5.41, 5.74) is 1.08. The molecule has 0 aliphatic carbocycles. The number of nitrogens with zero attached hydrogens (tertiary/aromatic N) is 3. The van der Waals surface area contributed by atoms with Crippen molar-refractivity contribution in [3.05, 3.63) is 42.2 Å². The van der Waals surface area contributed by atoms with Crippen molar-refractivity contribution < 1.29 is 14.3 Å². The monoisotopic (exact) mass is 235 g/mol. The minimum Gasteiger partial charge on any atom is -0.481 e. The van der Waals surface area contributed by atoms with Crippen LogP contribution in [0.2, 0.25) is 0 Å². The summed E-state index contributed by atoms with van der Waals surface area (Å²) in [6, 6.07) is 4.49. The molecule has 0 aliphatic heterocycles. The highest BCUT2D eigenvalue weighted by atomic mass is 19.1. The first-order valence-electron chi connectivity index (χ1n) is 5.02. The molecule has 0 radical (unpaired) electrons. The number of benzene rings is 1. The predicted molar refractivity (Wildman–Crippen MR) is 57.3 cm³/mol. The van der Waals surface area contributed by atoms with Crippen molar-refractivity contribution in [2.24, 2.45) is 0 Å². The topological polar surface area (TPSA) is 68.0 Å². The second-order valence-electron chi connectivity index (χ2n) is 3.55. The van der Waals surface area contributed by atoms with E-state index in [-0.39, 0.29) is 6.42 Å². The van der Waals surface area contributed by atoms with Crippen molar-refractivity contribution in [1.82, 2.24) is 14.8 Å². The SMILES string of the molecule is O=C(O)CCc1ccc(F)c(-n2cnnc2)c1. The van der Waals surface area contributed by atoms with E-state index in [9.17, 15) is 9.18 Å². The second-order valence-corrected chi connectivity index (χ2v) is 3.55.